The smallest absolute Gasteiger partial charge is 0.142 e. The normalized spacial score (nSPS) is 13.2. The van der Waals surface area contributed by atoms with Gasteiger partial charge in [0.2, 0.25) is 0 Å². The number of hydrogen-bond donors (Lipinski definition) is 1. The van der Waals surface area contributed by atoms with Crippen molar-refractivity contribution in [1.29, 1.82) is 0 Å². The topological polar surface area (TPSA) is 47.6 Å². The van der Waals surface area contributed by atoms with E-state index in [4.69, 9.17) is 10.6 Å². The van der Waals surface area contributed by atoms with Gasteiger partial charge < -0.3 is 10.6 Å². The molecule has 1 rings (SSSR count). The fourth-order valence-corrected chi connectivity index (χ4v) is 1.41. The highest BCUT2D eigenvalue weighted by Gasteiger charge is 2.01. The zero-order chi connectivity index (χ0) is 11.8. The molecule has 0 heterocycles. The first-order chi connectivity index (χ1) is 7.68. The third-order valence-corrected chi connectivity index (χ3v) is 2.14. The maximum atomic E-state index is 5.82. The molecule has 0 radical (unpaired) electrons. The van der Waals surface area contributed by atoms with E-state index in [9.17, 15) is 0 Å². The Balaban J connectivity index is 2.22. The molecule has 2 N–H and O–H groups in total. The van der Waals surface area contributed by atoms with Crippen LogP contribution in [0.2, 0.25) is 0 Å². The van der Waals surface area contributed by atoms with Crippen LogP contribution in [0.4, 0.5) is 0 Å². The Labute approximate surface area is 97.3 Å². The lowest BCUT2D eigenvalue weighted by molar-refractivity contribution is 0.131. The summed E-state index contributed by atoms with van der Waals surface area (Å²) in [7, 11) is 0. The molecule has 0 saturated heterocycles. The maximum absolute atomic E-state index is 5.82. The fraction of sp³-hybridized carbons (Fsp3) is 0.462. The molecule has 1 aromatic carbocycles. The predicted octanol–water partition coefficient (Wildman–Crippen LogP) is 2.56. The van der Waals surface area contributed by atoms with E-state index >= 15 is 0 Å². The summed E-state index contributed by atoms with van der Waals surface area (Å²) in [6.45, 7) is 4.77. The minimum absolute atomic E-state index is 0.0178. The number of nitrogens with two attached hydrogens (primary N) is 1. The van der Waals surface area contributed by atoms with Crippen LogP contribution in [-0.2, 0) is 11.4 Å². The van der Waals surface area contributed by atoms with Gasteiger partial charge in [0, 0.05) is 6.04 Å². The Hall–Kier alpha value is -1.35. The second-order valence-electron chi connectivity index (χ2n) is 4.31. The largest absolute Gasteiger partial charge is 0.391 e. The summed E-state index contributed by atoms with van der Waals surface area (Å²) in [5.41, 5.74) is 6.93. The van der Waals surface area contributed by atoms with E-state index in [2.05, 4.69) is 19.0 Å². The standard InChI is InChI=1S/C13H20N2O/c1-11(2)8-13(14)9-15-16-10-12-6-4-3-5-7-12/h3-7,9,11,13H,8,10,14H2,1-2H3. The molecule has 0 bridgehead atoms. The summed E-state index contributed by atoms with van der Waals surface area (Å²) in [6, 6.07) is 9.92. The van der Waals surface area contributed by atoms with Crippen molar-refractivity contribution in [2.24, 2.45) is 16.8 Å². The van der Waals surface area contributed by atoms with Gasteiger partial charge in [-0.25, -0.2) is 0 Å². The van der Waals surface area contributed by atoms with Gasteiger partial charge >= 0.3 is 0 Å². The third kappa shape index (κ3) is 5.51. The SMILES string of the molecule is CC(C)CC(N)C=NOCc1ccccc1. The van der Waals surface area contributed by atoms with Gasteiger partial charge in [0.1, 0.15) is 6.61 Å². The van der Waals surface area contributed by atoms with Crippen LogP contribution in [0.5, 0.6) is 0 Å². The Morgan fingerprint density at radius 3 is 2.62 bits per heavy atom. The second kappa shape index (κ2) is 7.01. The summed E-state index contributed by atoms with van der Waals surface area (Å²) in [5, 5.41) is 3.87. The maximum Gasteiger partial charge on any atom is 0.142 e. The lowest BCUT2D eigenvalue weighted by Crippen LogP contribution is -2.23. The molecule has 0 amide bonds. The molecule has 3 nitrogen and oxygen atoms in total. The minimum Gasteiger partial charge on any atom is -0.391 e. The first-order valence-electron chi connectivity index (χ1n) is 5.63. The molecule has 0 aliphatic carbocycles. The van der Waals surface area contributed by atoms with Crippen molar-refractivity contribution in [3.63, 3.8) is 0 Å². The van der Waals surface area contributed by atoms with Gasteiger partial charge in [-0.1, -0.05) is 49.3 Å². The molecule has 0 aliphatic heterocycles. The molecular formula is C13H20N2O. The lowest BCUT2D eigenvalue weighted by Gasteiger charge is -2.07. The molecule has 3 heteroatoms. The van der Waals surface area contributed by atoms with E-state index in [0.717, 1.165) is 12.0 Å². The zero-order valence-electron chi connectivity index (χ0n) is 9.97. The molecule has 0 saturated carbocycles. The molecule has 0 aliphatic rings. The van der Waals surface area contributed by atoms with Crippen molar-refractivity contribution in [2.45, 2.75) is 32.9 Å². The monoisotopic (exact) mass is 220 g/mol. The average molecular weight is 220 g/mol. The minimum atomic E-state index is -0.0178. The molecule has 88 valence electrons. The Morgan fingerprint density at radius 2 is 2.00 bits per heavy atom. The van der Waals surface area contributed by atoms with Crippen LogP contribution < -0.4 is 5.73 Å². The van der Waals surface area contributed by atoms with E-state index in [1.165, 1.54) is 0 Å². The zero-order valence-corrected chi connectivity index (χ0v) is 9.97. The first kappa shape index (κ1) is 12.7. The van der Waals surface area contributed by atoms with Crippen LogP contribution in [0, 0.1) is 5.92 Å². The third-order valence-electron chi connectivity index (χ3n) is 2.14. The van der Waals surface area contributed by atoms with Crippen molar-refractivity contribution in [3.05, 3.63) is 35.9 Å². The first-order valence-corrected chi connectivity index (χ1v) is 5.63. The van der Waals surface area contributed by atoms with Crippen LogP contribution in [0.3, 0.4) is 0 Å². The van der Waals surface area contributed by atoms with Gasteiger partial charge in [0.15, 0.2) is 0 Å². The summed E-state index contributed by atoms with van der Waals surface area (Å²) >= 11 is 0. The second-order valence-corrected chi connectivity index (χ2v) is 4.31. The Morgan fingerprint density at radius 1 is 1.31 bits per heavy atom. The van der Waals surface area contributed by atoms with Crippen molar-refractivity contribution in [3.8, 4) is 0 Å². The van der Waals surface area contributed by atoms with Crippen molar-refractivity contribution in [1.82, 2.24) is 0 Å². The van der Waals surface area contributed by atoms with Gasteiger partial charge in [0.25, 0.3) is 0 Å². The van der Waals surface area contributed by atoms with Gasteiger partial charge in [-0.3, -0.25) is 0 Å². The number of benzene rings is 1. The van der Waals surface area contributed by atoms with E-state index < -0.39 is 0 Å². The van der Waals surface area contributed by atoms with E-state index in [-0.39, 0.29) is 6.04 Å². The predicted molar refractivity (Wildman–Crippen MR) is 67.2 cm³/mol. The summed E-state index contributed by atoms with van der Waals surface area (Å²) in [6.07, 6.45) is 2.60. The van der Waals surface area contributed by atoms with Crippen LogP contribution >= 0.6 is 0 Å². The van der Waals surface area contributed by atoms with E-state index in [1.807, 2.05) is 30.3 Å². The molecule has 1 atom stereocenters. The van der Waals surface area contributed by atoms with Crippen LogP contribution in [-0.4, -0.2) is 12.3 Å². The number of rotatable bonds is 6. The molecule has 1 aromatic rings. The van der Waals surface area contributed by atoms with Crippen molar-refractivity contribution >= 4 is 6.21 Å². The highest BCUT2D eigenvalue weighted by Crippen LogP contribution is 2.02. The van der Waals surface area contributed by atoms with Crippen LogP contribution in [0.15, 0.2) is 35.5 Å². The van der Waals surface area contributed by atoms with Gasteiger partial charge in [-0.05, 0) is 17.9 Å². The highest BCUT2D eigenvalue weighted by atomic mass is 16.6. The molecule has 16 heavy (non-hydrogen) atoms. The van der Waals surface area contributed by atoms with Gasteiger partial charge in [-0.15, -0.1) is 0 Å². The molecule has 0 fully saturated rings. The molecule has 1 unspecified atom stereocenters. The summed E-state index contributed by atoms with van der Waals surface area (Å²) in [4.78, 5) is 5.16. The molecular weight excluding hydrogens is 200 g/mol. The number of nitrogens with zero attached hydrogens (tertiary/aromatic N) is 1. The Bertz CT molecular complexity index is 309. The number of oxime groups is 1. The quantitative estimate of drug-likeness (QED) is 0.591. The Kier molecular flexibility index (Phi) is 5.57. The molecule has 0 aromatic heterocycles. The lowest BCUT2D eigenvalue weighted by atomic mass is 10.1. The summed E-state index contributed by atoms with van der Waals surface area (Å²) < 4.78 is 0. The van der Waals surface area contributed by atoms with Gasteiger partial charge in [-0.2, -0.15) is 0 Å². The summed E-state index contributed by atoms with van der Waals surface area (Å²) in [5.74, 6) is 0.579. The fourth-order valence-electron chi connectivity index (χ4n) is 1.41. The highest BCUT2D eigenvalue weighted by molar-refractivity contribution is 5.63. The van der Waals surface area contributed by atoms with Crippen molar-refractivity contribution < 1.29 is 4.84 Å². The van der Waals surface area contributed by atoms with Crippen LogP contribution in [0.25, 0.3) is 0 Å². The average Bonchev–Trinajstić information content (AvgIpc) is 2.25. The van der Waals surface area contributed by atoms with E-state index in [0.29, 0.717) is 12.5 Å². The van der Waals surface area contributed by atoms with Crippen LogP contribution in [0.1, 0.15) is 25.8 Å². The number of hydrogen-bond acceptors (Lipinski definition) is 3. The van der Waals surface area contributed by atoms with Gasteiger partial charge in [0.05, 0.1) is 6.21 Å². The molecule has 0 spiro atoms. The van der Waals surface area contributed by atoms with Crippen molar-refractivity contribution in [2.75, 3.05) is 0 Å². The van der Waals surface area contributed by atoms with E-state index in [1.54, 1.807) is 6.21 Å².